The zero-order valence-electron chi connectivity index (χ0n) is 11.9. The van der Waals surface area contributed by atoms with Crippen LogP contribution < -0.4 is 10.1 Å². The smallest absolute Gasteiger partial charge is 0.248 e. The van der Waals surface area contributed by atoms with Gasteiger partial charge in [0, 0.05) is 17.3 Å². The van der Waals surface area contributed by atoms with Crippen LogP contribution in [0.3, 0.4) is 0 Å². The Bertz CT molecular complexity index is 680. The molecule has 1 amide bonds. The molecule has 0 radical (unpaired) electrons. The van der Waals surface area contributed by atoms with Crippen LogP contribution in [-0.2, 0) is 4.79 Å². The van der Waals surface area contributed by atoms with Crippen LogP contribution in [0, 0.1) is 12.7 Å². The average Bonchev–Trinajstić information content (AvgIpc) is 2.45. The van der Waals surface area contributed by atoms with Gasteiger partial charge in [-0.2, -0.15) is 0 Å². The van der Waals surface area contributed by atoms with Crippen molar-refractivity contribution in [1.82, 2.24) is 0 Å². The fourth-order valence-electron chi connectivity index (χ4n) is 1.90. The summed E-state index contributed by atoms with van der Waals surface area (Å²) < 4.78 is 18.3. The van der Waals surface area contributed by atoms with Gasteiger partial charge in [0.05, 0.1) is 7.11 Å². The zero-order valence-corrected chi connectivity index (χ0v) is 11.9. The minimum atomic E-state index is -0.392. The maximum atomic E-state index is 13.0. The molecule has 0 atom stereocenters. The van der Waals surface area contributed by atoms with Gasteiger partial charge in [-0.3, -0.25) is 4.79 Å². The molecule has 0 heterocycles. The summed E-state index contributed by atoms with van der Waals surface area (Å²) in [5.41, 5.74) is 2.30. The summed E-state index contributed by atoms with van der Waals surface area (Å²) in [6.07, 6.45) is 3.06. The van der Waals surface area contributed by atoms with Crippen LogP contribution in [-0.4, -0.2) is 13.0 Å². The van der Waals surface area contributed by atoms with Crippen LogP contribution >= 0.6 is 0 Å². The van der Waals surface area contributed by atoms with Crippen molar-refractivity contribution in [1.29, 1.82) is 0 Å². The Balaban J connectivity index is 2.10. The number of methoxy groups -OCH3 is 1. The number of ether oxygens (including phenoxy) is 1. The van der Waals surface area contributed by atoms with Crippen LogP contribution in [0.4, 0.5) is 10.1 Å². The lowest BCUT2D eigenvalue weighted by Crippen LogP contribution is -2.07. The summed E-state index contributed by atoms with van der Waals surface area (Å²) in [6.45, 7) is 1.96. The van der Waals surface area contributed by atoms with E-state index in [0.29, 0.717) is 11.4 Å². The summed E-state index contributed by atoms with van der Waals surface area (Å²) in [4.78, 5) is 11.8. The number of carbonyl (C=O) groups excluding carboxylic acids is 1. The van der Waals surface area contributed by atoms with E-state index in [1.54, 1.807) is 19.3 Å². The van der Waals surface area contributed by atoms with Gasteiger partial charge in [0.1, 0.15) is 11.6 Å². The van der Waals surface area contributed by atoms with E-state index in [-0.39, 0.29) is 5.91 Å². The van der Waals surface area contributed by atoms with Crippen molar-refractivity contribution < 1.29 is 13.9 Å². The van der Waals surface area contributed by atoms with E-state index in [1.807, 2.05) is 25.1 Å². The summed E-state index contributed by atoms with van der Waals surface area (Å²) in [5.74, 6) is -0.0308. The maximum absolute atomic E-state index is 13.0. The van der Waals surface area contributed by atoms with Crippen molar-refractivity contribution in [2.24, 2.45) is 0 Å². The molecule has 0 saturated heterocycles. The first-order valence-electron chi connectivity index (χ1n) is 6.48. The highest BCUT2D eigenvalue weighted by Gasteiger charge is 2.02. The van der Waals surface area contributed by atoms with E-state index in [0.717, 1.165) is 11.1 Å². The van der Waals surface area contributed by atoms with Gasteiger partial charge in [-0.15, -0.1) is 0 Å². The minimum Gasteiger partial charge on any atom is -0.496 e. The Kier molecular flexibility index (Phi) is 4.72. The van der Waals surface area contributed by atoms with Crippen LogP contribution in [0.1, 0.15) is 11.1 Å². The fraction of sp³-hybridized carbons (Fsp3) is 0.118. The third kappa shape index (κ3) is 4.18. The molecule has 0 aliphatic carbocycles. The molecular formula is C17H16FNO2. The lowest BCUT2D eigenvalue weighted by molar-refractivity contribution is -0.111. The van der Waals surface area contributed by atoms with Gasteiger partial charge in [0.2, 0.25) is 5.91 Å². The zero-order chi connectivity index (χ0) is 15.2. The molecule has 4 heteroatoms. The number of hydrogen-bond acceptors (Lipinski definition) is 2. The molecule has 0 saturated carbocycles. The number of rotatable bonds is 4. The van der Waals surface area contributed by atoms with Gasteiger partial charge in [0.25, 0.3) is 0 Å². The number of aryl methyl sites for hydroxylation is 1. The molecule has 0 fully saturated rings. The number of halogens is 1. The second-order valence-electron chi connectivity index (χ2n) is 4.58. The van der Waals surface area contributed by atoms with Gasteiger partial charge in [-0.05, 0) is 43.3 Å². The van der Waals surface area contributed by atoms with Gasteiger partial charge in [0.15, 0.2) is 0 Å². The summed E-state index contributed by atoms with van der Waals surface area (Å²) in [5, 5.41) is 2.60. The van der Waals surface area contributed by atoms with E-state index in [4.69, 9.17) is 4.74 Å². The Morgan fingerprint density at radius 3 is 2.76 bits per heavy atom. The van der Waals surface area contributed by atoms with Crippen molar-refractivity contribution in [3.05, 3.63) is 65.5 Å². The monoisotopic (exact) mass is 285 g/mol. The highest BCUT2D eigenvalue weighted by Crippen LogP contribution is 2.21. The quantitative estimate of drug-likeness (QED) is 0.868. The SMILES string of the molecule is COc1ccc(C)cc1/C=C/C(=O)Nc1cccc(F)c1. The predicted molar refractivity (Wildman–Crippen MR) is 81.8 cm³/mol. The largest absolute Gasteiger partial charge is 0.496 e. The summed E-state index contributed by atoms with van der Waals surface area (Å²) in [6, 6.07) is 11.5. The van der Waals surface area contributed by atoms with Gasteiger partial charge in [-0.25, -0.2) is 4.39 Å². The molecule has 2 aromatic carbocycles. The molecule has 21 heavy (non-hydrogen) atoms. The Hall–Kier alpha value is -2.62. The lowest BCUT2D eigenvalue weighted by atomic mass is 10.1. The van der Waals surface area contributed by atoms with Crippen molar-refractivity contribution in [3.8, 4) is 5.75 Å². The number of anilines is 1. The maximum Gasteiger partial charge on any atom is 0.248 e. The van der Waals surface area contributed by atoms with Crippen molar-refractivity contribution in [3.63, 3.8) is 0 Å². The Morgan fingerprint density at radius 2 is 2.05 bits per heavy atom. The van der Waals surface area contributed by atoms with Crippen molar-refractivity contribution in [2.75, 3.05) is 12.4 Å². The number of carbonyl (C=O) groups is 1. The lowest BCUT2D eigenvalue weighted by Gasteiger charge is -2.06. The van der Waals surface area contributed by atoms with E-state index < -0.39 is 5.82 Å². The Morgan fingerprint density at radius 1 is 1.24 bits per heavy atom. The summed E-state index contributed by atoms with van der Waals surface area (Å²) in [7, 11) is 1.58. The average molecular weight is 285 g/mol. The third-order valence-corrected chi connectivity index (χ3v) is 2.89. The van der Waals surface area contributed by atoms with Crippen molar-refractivity contribution >= 4 is 17.7 Å². The molecular weight excluding hydrogens is 269 g/mol. The molecule has 0 aliphatic rings. The van der Waals surface area contributed by atoms with Crippen LogP contribution in [0.2, 0.25) is 0 Å². The van der Waals surface area contributed by atoms with E-state index in [2.05, 4.69) is 5.32 Å². The number of benzene rings is 2. The molecule has 1 N–H and O–H groups in total. The number of hydrogen-bond donors (Lipinski definition) is 1. The first-order valence-corrected chi connectivity index (χ1v) is 6.48. The van der Waals surface area contributed by atoms with Crippen LogP contribution in [0.5, 0.6) is 5.75 Å². The molecule has 0 bridgehead atoms. The van der Waals surface area contributed by atoms with Crippen LogP contribution in [0.15, 0.2) is 48.5 Å². The minimum absolute atomic E-state index is 0.329. The molecule has 0 unspecified atom stereocenters. The molecule has 2 rings (SSSR count). The molecule has 108 valence electrons. The van der Waals surface area contributed by atoms with Crippen LogP contribution in [0.25, 0.3) is 6.08 Å². The van der Waals surface area contributed by atoms with Gasteiger partial charge < -0.3 is 10.1 Å². The molecule has 3 nitrogen and oxygen atoms in total. The molecule has 0 aromatic heterocycles. The van der Waals surface area contributed by atoms with E-state index in [1.165, 1.54) is 24.3 Å². The Labute approximate surface area is 123 Å². The normalized spacial score (nSPS) is 10.6. The van der Waals surface area contributed by atoms with Gasteiger partial charge in [-0.1, -0.05) is 17.7 Å². The van der Waals surface area contributed by atoms with Crippen molar-refractivity contribution in [2.45, 2.75) is 6.92 Å². The van der Waals surface area contributed by atoms with E-state index in [9.17, 15) is 9.18 Å². The highest BCUT2D eigenvalue weighted by atomic mass is 19.1. The highest BCUT2D eigenvalue weighted by molar-refractivity contribution is 6.02. The molecule has 0 spiro atoms. The van der Waals surface area contributed by atoms with E-state index >= 15 is 0 Å². The first-order chi connectivity index (χ1) is 10.1. The topological polar surface area (TPSA) is 38.3 Å². The third-order valence-electron chi connectivity index (χ3n) is 2.89. The summed E-state index contributed by atoms with van der Waals surface area (Å²) >= 11 is 0. The predicted octanol–water partition coefficient (Wildman–Crippen LogP) is 3.79. The molecule has 2 aromatic rings. The second-order valence-corrected chi connectivity index (χ2v) is 4.58. The number of amides is 1. The van der Waals surface area contributed by atoms with Gasteiger partial charge >= 0.3 is 0 Å². The second kappa shape index (κ2) is 6.70. The fourth-order valence-corrected chi connectivity index (χ4v) is 1.90. The standard InChI is InChI=1S/C17H16FNO2/c1-12-6-8-16(21-2)13(10-12)7-9-17(20)19-15-5-3-4-14(18)11-15/h3-11H,1-2H3,(H,19,20)/b9-7+. The number of nitrogens with one attached hydrogen (secondary N) is 1. The first kappa shape index (κ1) is 14.8. The molecule has 0 aliphatic heterocycles.